The van der Waals surface area contributed by atoms with Gasteiger partial charge in [0.05, 0.1) is 0 Å². The van der Waals surface area contributed by atoms with Crippen LogP contribution in [0, 0.1) is 5.82 Å². The van der Waals surface area contributed by atoms with Gasteiger partial charge in [-0.05, 0) is 37.0 Å². The number of esters is 1. The van der Waals surface area contributed by atoms with Crippen LogP contribution in [0.25, 0.3) is 0 Å². The Morgan fingerprint density at radius 2 is 1.90 bits per heavy atom. The minimum absolute atomic E-state index is 0.0617. The number of imide groups is 1. The highest BCUT2D eigenvalue weighted by Gasteiger charge is 2.57. The monoisotopic (exact) mass is 449 g/mol. The van der Waals surface area contributed by atoms with Crippen LogP contribution in [0.3, 0.4) is 0 Å². The van der Waals surface area contributed by atoms with Gasteiger partial charge in [0.15, 0.2) is 6.61 Å². The van der Waals surface area contributed by atoms with E-state index in [1.165, 1.54) is 28.8 Å². The summed E-state index contributed by atoms with van der Waals surface area (Å²) in [5, 5.41) is 4.88. The molecule has 2 atom stereocenters. The zero-order valence-corrected chi connectivity index (χ0v) is 17.7. The maximum atomic E-state index is 13.3. The number of amides is 4. The Kier molecular flexibility index (Phi) is 6.17. The maximum Gasteiger partial charge on any atom is 0.330 e. The number of carbonyl (C=O) groups is 4. The van der Waals surface area contributed by atoms with Gasteiger partial charge in [0.25, 0.3) is 5.91 Å². The van der Waals surface area contributed by atoms with Crippen LogP contribution in [-0.2, 0) is 24.0 Å². The molecule has 3 aliphatic rings. The Morgan fingerprint density at radius 3 is 2.61 bits per heavy atom. The molecule has 3 fully saturated rings. The van der Waals surface area contributed by atoms with Gasteiger partial charge in [0.2, 0.25) is 5.91 Å². The van der Waals surface area contributed by atoms with Crippen LogP contribution in [0.1, 0.15) is 44.1 Å². The van der Waals surface area contributed by atoms with Crippen molar-refractivity contribution in [1.82, 2.24) is 15.5 Å². The average molecular weight is 450 g/mol. The number of hydrogen-bond acceptors (Lipinski definition) is 6. The summed E-state index contributed by atoms with van der Waals surface area (Å²) in [6.45, 7) is -0.607. The van der Waals surface area contributed by atoms with Crippen molar-refractivity contribution in [3.8, 4) is 0 Å². The third-order valence-electron chi connectivity index (χ3n) is 5.98. The number of hydrogen-bond donors (Lipinski definition) is 2. The molecule has 2 saturated heterocycles. The zero-order chi connectivity index (χ0) is 22.0. The van der Waals surface area contributed by atoms with E-state index in [2.05, 4.69) is 10.6 Å². The Bertz CT molecular complexity index is 890. The van der Waals surface area contributed by atoms with Crippen LogP contribution >= 0.6 is 11.8 Å². The highest BCUT2D eigenvalue weighted by molar-refractivity contribution is 8.00. The Morgan fingerprint density at radius 1 is 1.19 bits per heavy atom. The van der Waals surface area contributed by atoms with E-state index in [1.54, 1.807) is 12.1 Å². The lowest BCUT2D eigenvalue weighted by molar-refractivity contribution is -0.156. The second kappa shape index (κ2) is 8.86. The molecule has 4 amide bonds. The van der Waals surface area contributed by atoms with Gasteiger partial charge in [0.1, 0.15) is 16.7 Å². The van der Waals surface area contributed by atoms with Crippen molar-refractivity contribution in [2.75, 3.05) is 12.4 Å². The molecule has 0 bridgehead atoms. The molecule has 166 valence electrons. The summed E-state index contributed by atoms with van der Waals surface area (Å²) in [4.78, 5) is 49.8. The predicted molar refractivity (Wildman–Crippen MR) is 110 cm³/mol. The van der Waals surface area contributed by atoms with Gasteiger partial charge in [-0.1, -0.05) is 25.0 Å². The molecule has 1 aromatic rings. The van der Waals surface area contributed by atoms with E-state index in [1.807, 2.05) is 0 Å². The fourth-order valence-electron chi connectivity index (χ4n) is 4.52. The summed E-state index contributed by atoms with van der Waals surface area (Å²) >= 11 is 1.44. The lowest BCUT2D eigenvalue weighted by atomic mass is 10.0. The van der Waals surface area contributed by atoms with Gasteiger partial charge in [-0.25, -0.2) is 14.0 Å². The molecule has 2 heterocycles. The minimum Gasteiger partial charge on any atom is -0.454 e. The van der Waals surface area contributed by atoms with Crippen molar-refractivity contribution < 1.29 is 28.3 Å². The molecule has 1 aliphatic carbocycles. The molecule has 0 unspecified atom stereocenters. The van der Waals surface area contributed by atoms with Gasteiger partial charge < -0.3 is 15.0 Å². The van der Waals surface area contributed by atoms with E-state index >= 15 is 0 Å². The summed E-state index contributed by atoms with van der Waals surface area (Å²) in [6, 6.07) is 4.53. The van der Waals surface area contributed by atoms with Crippen molar-refractivity contribution in [3.05, 3.63) is 35.6 Å². The van der Waals surface area contributed by atoms with E-state index in [-0.39, 0.29) is 24.2 Å². The second-order valence-corrected chi connectivity index (χ2v) is 9.29. The minimum atomic E-state index is -0.842. The molecule has 0 aromatic heterocycles. The lowest BCUT2D eigenvalue weighted by Gasteiger charge is -2.33. The molecule has 2 aliphatic heterocycles. The van der Waals surface area contributed by atoms with Crippen molar-refractivity contribution in [2.24, 2.45) is 0 Å². The average Bonchev–Trinajstić information content (AvgIpc) is 3.45. The molecule has 2 N–H and O–H groups in total. The number of thioether (sulfide) groups is 1. The summed E-state index contributed by atoms with van der Waals surface area (Å²) in [7, 11) is 0. The summed E-state index contributed by atoms with van der Waals surface area (Å²) in [5.74, 6) is -1.68. The molecule has 31 heavy (non-hydrogen) atoms. The molecular formula is C21H24FN3O5S. The van der Waals surface area contributed by atoms with Crippen LogP contribution < -0.4 is 10.6 Å². The number of carbonyl (C=O) groups excluding carboxylic acids is 4. The molecule has 10 heteroatoms. The normalized spacial score (nSPS) is 25.4. The summed E-state index contributed by atoms with van der Waals surface area (Å²) in [6.07, 6.45) is 4.64. The molecule has 1 aromatic carbocycles. The Labute approximate surface area is 183 Å². The number of urea groups is 1. The van der Waals surface area contributed by atoms with E-state index < -0.39 is 35.4 Å². The third-order valence-corrected chi connectivity index (χ3v) is 7.58. The fraction of sp³-hybridized carbons (Fsp3) is 0.524. The van der Waals surface area contributed by atoms with Crippen molar-refractivity contribution >= 4 is 35.6 Å². The fourth-order valence-corrected chi connectivity index (χ4v) is 6.15. The molecule has 1 saturated carbocycles. The first kappa shape index (κ1) is 21.6. The van der Waals surface area contributed by atoms with Crippen molar-refractivity contribution in [3.63, 3.8) is 0 Å². The van der Waals surface area contributed by atoms with Crippen LogP contribution in [0.15, 0.2) is 24.3 Å². The Hall–Kier alpha value is -2.62. The van der Waals surface area contributed by atoms with Crippen molar-refractivity contribution in [1.29, 1.82) is 0 Å². The summed E-state index contributed by atoms with van der Waals surface area (Å²) < 4.78 is 18.5. The number of ether oxygens (including phenoxy) is 1. The molecule has 0 radical (unpaired) electrons. The molecule has 4 rings (SSSR count). The first-order valence-corrected chi connectivity index (χ1v) is 11.4. The lowest BCUT2D eigenvalue weighted by Crippen LogP contribution is -2.48. The van der Waals surface area contributed by atoms with Crippen LogP contribution in [0.2, 0.25) is 0 Å². The largest absolute Gasteiger partial charge is 0.454 e. The maximum absolute atomic E-state index is 13.3. The van der Waals surface area contributed by atoms with Gasteiger partial charge in [-0.3, -0.25) is 14.9 Å². The van der Waals surface area contributed by atoms with Gasteiger partial charge in [0, 0.05) is 18.2 Å². The van der Waals surface area contributed by atoms with Crippen LogP contribution in [0.4, 0.5) is 9.18 Å². The first-order chi connectivity index (χ1) is 14.9. The third kappa shape index (κ3) is 4.39. The topological polar surface area (TPSA) is 105 Å². The highest BCUT2D eigenvalue weighted by atomic mass is 32.2. The molecule has 0 spiro atoms. The molecule has 8 nitrogen and oxygen atoms in total. The van der Waals surface area contributed by atoms with Crippen LogP contribution in [0.5, 0.6) is 0 Å². The Balaban J connectivity index is 1.34. The molecular weight excluding hydrogens is 425 g/mol. The number of nitrogens with one attached hydrogen (secondary N) is 2. The van der Waals surface area contributed by atoms with Crippen LogP contribution in [-0.4, -0.2) is 53.2 Å². The van der Waals surface area contributed by atoms with E-state index in [0.717, 1.165) is 31.2 Å². The zero-order valence-electron chi connectivity index (χ0n) is 16.9. The van der Waals surface area contributed by atoms with Crippen molar-refractivity contribution in [2.45, 2.75) is 55.5 Å². The van der Waals surface area contributed by atoms with Gasteiger partial charge in [-0.2, -0.15) is 0 Å². The number of fused-ring (bicyclic) bond motifs is 1. The number of nitrogens with zero attached hydrogens (tertiary/aromatic N) is 1. The quantitative estimate of drug-likeness (QED) is 0.667. The first-order valence-electron chi connectivity index (χ1n) is 10.4. The standard InChI is InChI=1S/C21H24FN3O5S/c22-14-7-5-13(6-8-14)21-10-9-18(27)25(21)16(12-31-21)19(28)30-11-17(26)24-20(29)23-15-3-1-2-4-15/h5-8,15-16H,1-4,9-12H2,(H2,23,24,26,29)/t16-,21+/m0/s1. The number of halogens is 1. The van der Waals surface area contributed by atoms with Gasteiger partial charge in [-0.15, -0.1) is 11.8 Å². The highest BCUT2D eigenvalue weighted by Crippen LogP contribution is 2.54. The summed E-state index contributed by atoms with van der Waals surface area (Å²) in [5.41, 5.74) is 0.751. The number of rotatable bonds is 5. The number of benzene rings is 1. The van der Waals surface area contributed by atoms with Gasteiger partial charge >= 0.3 is 12.0 Å². The SMILES string of the molecule is O=C(COC(=O)[C@@H]1CS[C@@]2(c3ccc(F)cc3)CCC(=O)N12)NC(=O)NC1CCCC1. The van der Waals surface area contributed by atoms with E-state index in [9.17, 15) is 23.6 Å². The smallest absolute Gasteiger partial charge is 0.330 e. The van der Waals surface area contributed by atoms with E-state index in [0.29, 0.717) is 12.2 Å². The predicted octanol–water partition coefficient (Wildman–Crippen LogP) is 2.03. The second-order valence-electron chi connectivity index (χ2n) is 7.99. The van der Waals surface area contributed by atoms with E-state index in [4.69, 9.17) is 4.74 Å².